The summed E-state index contributed by atoms with van der Waals surface area (Å²) in [6.45, 7) is 9.42. The summed E-state index contributed by atoms with van der Waals surface area (Å²) < 4.78 is 29.4. The van der Waals surface area contributed by atoms with Gasteiger partial charge in [-0.2, -0.15) is 0 Å². The van der Waals surface area contributed by atoms with Crippen LogP contribution in [0.3, 0.4) is 0 Å². The zero-order valence-electron chi connectivity index (χ0n) is 18.5. The van der Waals surface area contributed by atoms with E-state index in [4.69, 9.17) is 23.7 Å². The largest absolute Gasteiger partial charge is 0.390 e. The zero-order chi connectivity index (χ0) is 22.2. The number of rotatable bonds is 5. The standard InChI is InChI=1S/C21H38O9/c1-9(2)16-6-14(23)20(11(4)26-16)30-18-8-15(24)21(12(5)28-18)29-17-7-13(22)19(25)10(3)27-17/h9-25H,6-8H2,1-5H3/t10-,11-,12-,13+,14+,15+,16-,17+,18?,19-,20-,21-/m1/s1. The molecule has 0 aromatic carbocycles. The van der Waals surface area contributed by atoms with Crippen molar-refractivity contribution >= 4 is 0 Å². The number of hydrogen-bond donors (Lipinski definition) is 4. The molecule has 3 heterocycles. The van der Waals surface area contributed by atoms with Gasteiger partial charge in [-0.1, -0.05) is 13.8 Å². The molecule has 3 saturated heterocycles. The molecule has 0 bridgehead atoms. The van der Waals surface area contributed by atoms with E-state index in [1.807, 2.05) is 6.92 Å². The van der Waals surface area contributed by atoms with E-state index in [0.717, 1.165) is 0 Å². The summed E-state index contributed by atoms with van der Waals surface area (Å²) in [5.41, 5.74) is 0. The summed E-state index contributed by atoms with van der Waals surface area (Å²) in [5.74, 6) is 0.304. The fourth-order valence-corrected chi connectivity index (χ4v) is 4.49. The van der Waals surface area contributed by atoms with E-state index in [0.29, 0.717) is 12.3 Å². The monoisotopic (exact) mass is 434 g/mol. The molecule has 30 heavy (non-hydrogen) atoms. The first-order valence-electron chi connectivity index (χ1n) is 11.1. The van der Waals surface area contributed by atoms with Crippen molar-refractivity contribution in [1.82, 2.24) is 0 Å². The van der Waals surface area contributed by atoms with E-state index in [9.17, 15) is 20.4 Å². The van der Waals surface area contributed by atoms with E-state index in [1.54, 1.807) is 13.8 Å². The molecule has 3 aliphatic heterocycles. The van der Waals surface area contributed by atoms with Crippen LogP contribution in [0.25, 0.3) is 0 Å². The number of hydrogen-bond acceptors (Lipinski definition) is 9. The van der Waals surface area contributed by atoms with Crippen molar-refractivity contribution in [2.24, 2.45) is 5.92 Å². The third-order valence-corrected chi connectivity index (χ3v) is 6.38. The Labute approximate surface area is 178 Å². The topological polar surface area (TPSA) is 127 Å². The zero-order valence-corrected chi connectivity index (χ0v) is 18.5. The minimum Gasteiger partial charge on any atom is -0.390 e. The molecule has 0 aromatic rings. The maximum absolute atomic E-state index is 10.7. The molecule has 3 fully saturated rings. The van der Waals surface area contributed by atoms with Crippen molar-refractivity contribution in [3.8, 4) is 0 Å². The van der Waals surface area contributed by atoms with Crippen molar-refractivity contribution in [3.05, 3.63) is 0 Å². The molecule has 9 heteroatoms. The van der Waals surface area contributed by atoms with Crippen molar-refractivity contribution in [3.63, 3.8) is 0 Å². The third-order valence-electron chi connectivity index (χ3n) is 6.38. The summed E-state index contributed by atoms with van der Waals surface area (Å²) >= 11 is 0. The third kappa shape index (κ3) is 5.51. The molecule has 4 N–H and O–H groups in total. The van der Waals surface area contributed by atoms with E-state index >= 15 is 0 Å². The molecule has 0 saturated carbocycles. The van der Waals surface area contributed by atoms with Crippen LogP contribution >= 0.6 is 0 Å². The fraction of sp³-hybridized carbons (Fsp3) is 1.00. The smallest absolute Gasteiger partial charge is 0.161 e. The minimum absolute atomic E-state index is 0.0174. The van der Waals surface area contributed by atoms with Gasteiger partial charge >= 0.3 is 0 Å². The van der Waals surface area contributed by atoms with Gasteiger partial charge in [-0.25, -0.2) is 0 Å². The molecule has 12 atom stereocenters. The van der Waals surface area contributed by atoms with Gasteiger partial charge < -0.3 is 44.1 Å². The van der Waals surface area contributed by atoms with Gasteiger partial charge in [-0.05, 0) is 26.7 Å². The lowest BCUT2D eigenvalue weighted by Crippen LogP contribution is -2.56. The first kappa shape index (κ1) is 24.3. The molecule has 0 radical (unpaired) electrons. The quantitative estimate of drug-likeness (QED) is 0.483. The molecule has 0 aromatic heterocycles. The maximum atomic E-state index is 10.7. The minimum atomic E-state index is -0.964. The van der Waals surface area contributed by atoms with Gasteiger partial charge in [-0.3, -0.25) is 0 Å². The average molecular weight is 435 g/mol. The van der Waals surface area contributed by atoms with Gasteiger partial charge in [0, 0.05) is 19.3 Å². The van der Waals surface area contributed by atoms with Crippen molar-refractivity contribution in [2.75, 3.05) is 0 Å². The summed E-state index contributed by atoms with van der Waals surface area (Å²) in [6, 6.07) is 0. The van der Waals surface area contributed by atoms with Crippen LogP contribution in [0.5, 0.6) is 0 Å². The number of aliphatic hydroxyl groups is 4. The van der Waals surface area contributed by atoms with Crippen LogP contribution in [-0.2, 0) is 23.7 Å². The van der Waals surface area contributed by atoms with Gasteiger partial charge in [0.05, 0.1) is 42.7 Å². The van der Waals surface area contributed by atoms with Gasteiger partial charge in [0.2, 0.25) is 0 Å². The lowest BCUT2D eigenvalue weighted by atomic mass is 9.92. The van der Waals surface area contributed by atoms with Crippen molar-refractivity contribution in [1.29, 1.82) is 0 Å². The Kier molecular flexibility index (Phi) is 8.14. The highest BCUT2D eigenvalue weighted by molar-refractivity contribution is 4.89. The Morgan fingerprint density at radius 1 is 0.667 bits per heavy atom. The predicted molar refractivity (Wildman–Crippen MR) is 105 cm³/mol. The highest BCUT2D eigenvalue weighted by atomic mass is 16.7. The second-order valence-electron chi connectivity index (χ2n) is 9.27. The summed E-state index contributed by atoms with van der Waals surface area (Å²) in [4.78, 5) is 0. The van der Waals surface area contributed by atoms with Crippen LogP contribution in [0.1, 0.15) is 53.9 Å². The summed E-state index contributed by atoms with van der Waals surface area (Å²) in [6.07, 6.45) is -6.71. The van der Waals surface area contributed by atoms with E-state index in [-0.39, 0.29) is 25.0 Å². The lowest BCUT2D eigenvalue weighted by molar-refractivity contribution is -0.327. The first-order valence-corrected chi connectivity index (χ1v) is 11.1. The number of aliphatic hydroxyl groups excluding tert-OH is 4. The van der Waals surface area contributed by atoms with E-state index in [2.05, 4.69) is 13.8 Å². The summed E-state index contributed by atoms with van der Waals surface area (Å²) in [7, 11) is 0. The normalized spacial score (nSPS) is 50.6. The highest BCUT2D eigenvalue weighted by Crippen LogP contribution is 2.32. The van der Waals surface area contributed by atoms with Crippen LogP contribution in [0.4, 0.5) is 0 Å². The Bertz CT molecular complexity index is 511. The Morgan fingerprint density at radius 3 is 1.60 bits per heavy atom. The Balaban J connectivity index is 1.53. The van der Waals surface area contributed by atoms with Crippen molar-refractivity contribution < 1.29 is 44.1 Å². The van der Waals surface area contributed by atoms with Crippen molar-refractivity contribution in [2.45, 2.75) is 128 Å². The molecule has 3 rings (SSSR count). The molecule has 0 aliphatic carbocycles. The molecule has 1 unspecified atom stereocenters. The van der Waals surface area contributed by atoms with E-state index < -0.39 is 61.4 Å². The van der Waals surface area contributed by atoms with Crippen LogP contribution < -0.4 is 0 Å². The van der Waals surface area contributed by atoms with E-state index in [1.165, 1.54) is 0 Å². The van der Waals surface area contributed by atoms with Crippen LogP contribution in [0.15, 0.2) is 0 Å². The van der Waals surface area contributed by atoms with Gasteiger partial charge in [0.25, 0.3) is 0 Å². The average Bonchev–Trinajstić information content (AvgIpc) is 2.65. The SMILES string of the molecule is CC(C)[C@H]1C[C@H](O)[C@H](OC2C[C@H](O)[C@H](O[C@H]3C[C@H](O)[C@H](O)[C@@H](C)O3)[C@@H](C)O2)[C@@H](C)O1. The molecule has 3 aliphatic rings. The molecule has 9 nitrogen and oxygen atoms in total. The molecule has 0 spiro atoms. The predicted octanol–water partition coefficient (Wildman–Crippen LogP) is 0.304. The lowest BCUT2D eigenvalue weighted by Gasteiger charge is -2.45. The molecule has 0 amide bonds. The van der Waals surface area contributed by atoms with Crippen LogP contribution in [0, 0.1) is 5.92 Å². The second kappa shape index (κ2) is 10.1. The maximum Gasteiger partial charge on any atom is 0.161 e. The second-order valence-corrected chi connectivity index (χ2v) is 9.27. The Morgan fingerprint density at radius 2 is 1.13 bits per heavy atom. The van der Waals surface area contributed by atoms with Gasteiger partial charge in [0.15, 0.2) is 12.6 Å². The Hall–Kier alpha value is -0.360. The van der Waals surface area contributed by atoms with Crippen LogP contribution in [-0.4, -0.2) is 94.0 Å². The first-order chi connectivity index (χ1) is 14.1. The molecular weight excluding hydrogens is 396 g/mol. The molecular formula is C21H38O9. The molecule has 176 valence electrons. The fourth-order valence-electron chi connectivity index (χ4n) is 4.49. The summed E-state index contributed by atoms with van der Waals surface area (Å²) in [5, 5.41) is 41.0. The van der Waals surface area contributed by atoms with Crippen LogP contribution in [0.2, 0.25) is 0 Å². The number of ether oxygens (including phenoxy) is 5. The van der Waals surface area contributed by atoms with Gasteiger partial charge in [0.1, 0.15) is 18.3 Å². The van der Waals surface area contributed by atoms with Gasteiger partial charge in [-0.15, -0.1) is 0 Å². The highest BCUT2D eigenvalue weighted by Gasteiger charge is 2.44.